The molecule has 0 spiro atoms. The van der Waals surface area contributed by atoms with Crippen molar-refractivity contribution in [2.45, 2.75) is 65.3 Å². The number of benzene rings is 2. The van der Waals surface area contributed by atoms with Crippen LogP contribution in [0.1, 0.15) is 57.4 Å². The predicted molar refractivity (Wildman–Crippen MR) is 117 cm³/mol. The van der Waals surface area contributed by atoms with Crippen LogP contribution < -0.4 is 10.6 Å². The first-order valence-corrected chi connectivity index (χ1v) is 10.2. The zero-order chi connectivity index (χ0) is 22.1. The van der Waals surface area contributed by atoms with Gasteiger partial charge in [-0.15, -0.1) is 0 Å². The molecule has 0 aliphatic heterocycles. The Balaban J connectivity index is 1.84. The number of nitrogens with one attached hydrogen (secondary N) is 2. The van der Waals surface area contributed by atoms with Gasteiger partial charge in [0.25, 0.3) is 0 Å². The number of hydrogen-bond acceptors (Lipinski definition) is 4. The van der Waals surface area contributed by atoms with E-state index in [-0.39, 0.29) is 18.7 Å². The first-order valence-electron chi connectivity index (χ1n) is 10.2. The maximum atomic E-state index is 12.0. The highest BCUT2D eigenvalue weighted by molar-refractivity contribution is 5.68. The first kappa shape index (κ1) is 23.3. The summed E-state index contributed by atoms with van der Waals surface area (Å²) < 4.78 is 10.6. The molecular weight excluding hydrogens is 380 g/mol. The van der Waals surface area contributed by atoms with Crippen molar-refractivity contribution in [3.05, 3.63) is 71.3 Å². The fraction of sp³-hybridized carbons (Fsp3) is 0.417. The lowest BCUT2D eigenvalue weighted by atomic mass is 10.0. The van der Waals surface area contributed by atoms with Crippen molar-refractivity contribution in [3.63, 3.8) is 0 Å². The monoisotopic (exact) mass is 412 g/mol. The van der Waals surface area contributed by atoms with Crippen LogP contribution in [0.15, 0.2) is 54.6 Å². The van der Waals surface area contributed by atoms with E-state index in [1.165, 1.54) is 0 Å². The van der Waals surface area contributed by atoms with Crippen LogP contribution in [0.4, 0.5) is 9.59 Å². The van der Waals surface area contributed by atoms with Gasteiger partial charge < -0.3 is 20.1 Å². The molecule has 0 aliphatic rings. The minimum atomic E-state index is -0.540. The third-order valence-corrected chi connectivity index (χ3v) is 4.30. The molecule has 2 amide bonds. The SMILES string of the molecule is C[C@@H](Cc1cccc([C@@H](C)NC(=O)OC(C)(C)C)c1)NC(=O)OCc1ccccc1. The lowest BCUT2D eigenvalue weighted by molar-refractivity contribution is 0.0507. The van der Waals surface area contributed by atoms with Gasteiger partial charge >= 0.3 is 12.2 Å². The summed E-state index contributed by atoms with van der Waals surface area (Å²) >= 11 is 0. The molecule has 0 aliphatic carbocycles. The van der Waals surface area contributed by atoms with Gasteiger partial charge in [-0.1, -0.05) is 54.6 Å². The third-order valence-electron chi connectivity index (χ3n) is 4.30. The van der Waals surface area contributed by atoms with Gasteiger partial charge in [0.15, 0.2) is 0 Å². The van der Waals surface area contributed by atoms with Gasteiger partial charge in [0.1, 0.15) is 12.2 Å². The summed E-state index contributed by atoms with van der Waals surface area (Å²) in [4.78, 5) is 24.0. The van der Waals surface area contributed by atoms with Crippen molar-refractivity contribution in [1.82, 2.24) is 10.6 Å². The van der Waals surface area contributed by atoms with E-state index in [0.717, 1.165) is 16.7 Å². The van der Waals surface area contributed by atoms with E-state index in [9.17, 15) is 9.59 Å². The maximum absolute atomic E-state index is 12.0. The third kappa shape index (κ3) is 8.55. The summed E-state index contributed by atoms with van der Waals surface area (Å²) in [6, 6.07) is 17.2. The van der Waals surface area contributed by atoms with Gasteiger partial charge in [-0.05, 0) is 57.7 Å². The van der Waals surface area contributed by atoms with Crippen molar-refractivity contribution < 1.29 is 19.1 Å². The highest BCUT2D eigenvalue weighted by Gasteiger charge is 2.18. The van der Waals surface area contributed by atoms with Gasteiger partial charge in [0.05, 0.1) is 6.04 Å². The van der Waals surface area contributed by atoms with Crippen molar-refractivity contribution in [2.24, 2.45) is 0 Å². The van der Waals surface area contributed by atoms with Crippen molar-refractivity contribution >= 4 is 12.2 Å². The average Bonchev–Trinajstić information content (AvgIpc) is 2.65. The Morgan fingerprint density at radius 3 is 2.23 bits per heavy atom. The minimum absolute atomic E-state index is 0.0994. The molecule has 0 unspecified atom stereocenters. The van der Waals surface area contributed by atoms with E-state index in [0.29, 0.717) is 6.42 Å². The fourth-order valence-electron chi connectivity index (χ4n) is 2.93. The molecule has 2 atom stereocenters. The Morgan fingerprint density at radius 2 is 1.57 bits per heavy atom. The summed E-state index contributed by atoms with van der Waals surface area (Å²) in [6.45, 7) is 9.57. The lowest BCUT2D eigenvalue weighted by Crippen LogP contribution is -2.35. The summed E-state index contributed by atoms with van der Waals surface area (Å²) in [7, 11) is 0. The summed E-state index contributed by atoms with van der Waals surface area (Å²) in [6.07, 6.45) is -0.243. The van der Waals surface area contributed by atoms with E-state index in [2.05, 4.69) is 10.6 Å². The molecule has 2 N–H and O–H groups in total. The van der Waals surface area contributed by atoms with Crippen LogP contribution in [0.2, 0.25) is 0 Å². The quantitative estimate of drug-likeness (QED) is 0.661. The topological polar surface area (TPSA) is 76.7 Å². The van der Waals surface area contributed by atoms with Crippen molar-refractivity contribution in [1.29, 1.82) is 0 Å². The number of amides is 2. The Kier molecular flexibility index (Phi) is 8.27. The Morgan fingerprint density at radius 1 is 0.900 bits per heavy atom. The molecule has 0 bridgehead atoms. The molecular formula is C24H32N2O4. The van der Waals surface area contributed by atoms with E-state index in [1.807, 2.05) is 89.2 Å². The number of ether oxygens (including phenoxy) is 2. The maximum Gasteiger partial charge on any atom is 0.408 e. The molecule has 0 radical (unpaired) electrons. The predicted octanol–water partition coefficient (Wildman–Crippen LogP) is 5.13. The van der Waals surface area contributed by atoms with Crippen LogP contribution in [-0.2, 0) is 22.5 Å². The Hall–Kier alpha value is -3.02. The normalized spacial score (nSPS) is 13.1. The van der Waals surface area contributed by atoms with E-state index < -0.39 is 17.8 Å². The fourth-order valence-corrected chi connectivity index (χ4v) is 2.93. The summed E-state index contributed by atoms with van der Waals surface area (Å²) in [5, 5.41) is 5.70. The molecule has 2 aromatic rings. The first-order chi connectivity index (χ1) is 14.1. The minimum Gasteiger partial charge on any atom is -0.445 e. The van der Waals surface area contributed by atoms with Gasteiger partial charge in [-0.3, -0.25) is 0 Å². The van der Waals surface area contributed by atoms with Crippen LogP contribution in [0.25, 0.3) is 0 Å². The van der Waals surface area contributed by atoms with Crippen molar-refractivity contribution in [2.75, 3.05) is 0 Å². The van der Waals surface area contributed by atoms with Gasteiger partial charge in [0, 0.05) is 6.04 Å². The van der Waals surface area contributed by atoms with Crippen LogP contribution in [0.5, 0.6) is 0 Å². The molecule has 0 saturated heterocycles. The van der Waals surface area contributed by atoms with Gasteiger partial charge in [-0.25, -0.2) is 9.59 Å². The summed E-state index contributed by atoms with van der Waals surface area (Å²) in [5.74, 6) is 0. The van der Waals surface area contributed by atoms with Crippen molar-refractivity contribution in [3.8, 4) is 0 Å². The molecule has 0 fully saturated rings. The Bertz CT molecular complexity index is 831. The standard InChI is InChI=1S/C24H32N2O4/c1-17(25-22(27)29-16-19-10-7-6-8-11-19)14-20-12-9-13-21(15-20)18(2)26-23(28)30-24(3,4)5/h6-13,15,17-18H,14,16H2,1-5H3,(H,25,27)(H,26,28)/t17-,18+/m0/s1. The Labute approximate surface area is 179 Å². The largest absolute Gasteiger partial charge is 0.445 e. The van der Waals surface area contributed by atoms with Crippen LogP contribution in [0, 0.1) is 0 Å². The molecule has 0 heterocycles. The number of alkyl carbamates (subject to hydrolysis) is 2. The smallest absolute Gasteiger partial charge is 0.408 e. The van der Waals surface area contributed by atoms with Gasteiger partial charge in [-0.2, -0.15) is 0 Å². The molecule has 162 valence electrons. The number of rotatable bonds is 7. The number of hydrogen-bond donors (Lipinski definition) is 2. The van der Waals surface area contributed by atoms with E-state index >= 15 is 0 Å². The second-order valence-corrected chi connectivity index (χ2v) is 8.42. The molecule has 2 aromatic carbocycles. The lowest BCUT2D eigenvalue weighted by Gasteiger charge is -2.22. The highest BCUT2D eigenvalue weighted by Crippen LogP contribution is 2.17. The van der Waals surface area contributed by atoms with Crippen LogP contribution in [-0.4, -0.2) is 23.8 Å². The van der Waals surface area contributed by atoms with E-state index in [1.54, 1.807) is 0 Å². The molecule has 0 saturated carbocycles. The van der Waals surface area contributed by atoms with E-state index in [4.69, 9.17) is 9.47 Å². The molecule has 30 heavy (non-hydrogen) atoms. The second-order valence-electron chi connectivity index (χ2n) is 8.42. The molecule has 6 nitrogen and oxygen atoms in total. The highest BCUT2D eigenvalue weighted by atomic mass is 16.6. The summed E-state index contributed by atoms with van der Waals surface area (Å²) in [5.41, 5.74) is 2.43. The molecule has 6 heteroatoms. The zero-order valence-electron chi connectivity index (χ0n) is 18.4. The van der Waals surface area contributed by atoms with Crippen LogP contribution in [0.3, 0.4) is 0 Å². The van der Waals surface area contributed by atoms with Crippen LogP contribution >= 0.6 is 0 Å². The second kappa shape index (κ2) is 10.7. The van der Waals surface area contributed by atoms with Gasteiger partial charge in [0.2, 0.25) is 0 Å². The molecule has 0 aromatic heterocycles. The molecule has 2 rings (SSSR count). The zero-order valence-corrected chi connectivity index (χ0v) is 18.4. The number of carbonyl (C=O) groups is 2. The average molecular weight is 413 g/mol. The number of carbonyl (C=O) groups excluding carboxylic acids is 2.